The van der Waals surface area contributed by atoms with Crippen molar-refractivity contribution in [3.05, 3.63) is 28.3 Å². The number of hydrogen-bond donors (Lipinski definition) is 2. The standard InChI is InChI=1S/C38H57N5O5S.Zn/c1-11-12-13-39-38(49)43-35-33(48-37(46)31-23(6)16-20(3)17-24(31)7)26(9)29(42-35)18-28-25(8)32(34(41-28)40-27(10)44)47-36(45)30-21(4)14-19(2)15-22(30)5;/h18-24,30-31H,11-17H2,1-10H3,(H4,39,40,41,42,43,44,49);/q;+2/p-2. The molecule has 3 aliphatic rings. The molecule has 2 saturated carbocycles. The molecule has 0 radical (unpaired) electrons. The summed E-state index contributed by atoms with van der Waals surface area (Å²) in [6.07, 6.45) is 7.48. The van der Waals surface area contributed by atoms with E-state index in [-0.39, 0.29) is 89.6 Å². The quantitative estimate of drug-likeness (QED) is 0.0669. The summed E-state index contributed by atoms with van der Waals surface area (Å²) in [5.41, 5.74) is 2.17. The third-order valence-electron chi connectivity index (χ3n) is 10.4. The first kappa shape index (κ1) is 41.6. The molecule has 4 atom stereocenters. The number of aromatic nitrogens is 1. The molecular formula is C38H55N5O5SZn. The fraction of sp³-hybridized carbons (Fsp3) is 0.658. The number of rotatable bonds is 9. The molecule has 0 bridgehead atoms. The molecule has 0 spiro atoms. The normalized spacial score (nSPS) is 29.3. The van der Waals surface area contributed by atoms with Crippen LogP contribution in [0.2, 0.25) is 0 Å². The van der Waals surface area contributed by atoms with Crippen LogP contribution in [0.4, 0.5) is 5.82 Å². The number of carbonyl (C=O) groups is 3. The number of nitrogens with zero attached hydrogens (tertiary/aromatic N) is 3. The molecule has 4 rings (SSSR count). The summed E-state index contributed by atoms with van der Waals surface area (Å²) in [5, 5.41) is 6.09. The van der Waals surface area contributed by atoms with Crippen molar-refractivity contribution >= 4 is 53.4 Å². The van der Waals surface area contributed by atoms with Gasteiger partial charge in [0.15, 0.2) is 11.6 Å². The number of carbonyl (C=O) groups excluding carboxylic acids is 3. The van der Waals surface area contributed by atoms with E-state index in [1.54, 1.807) is 13.0 Å². The molecule has 12 heteroatoms. The van der Waals surface area contributed by atoms with E-state index in [0.29, 0.717) is 52.5 Å². The zero-order valence-electron chi connectivity index (χ0n) is 31.6. The fourth-order valence-corrected chi connectivity index (χ4v) is 8.47. The van der Waals surface area contributed by atoms with Gasteiger partial charge in [-0.15, -0.1) is 0 Å². The molecule has 0 saturated heterocycles. The van der Waals surface area contributed by atoms with Gasteiger partial charge in [0.2, 0.25) is 0 Å². The number of allylic oxidation sites excluding steroid dienone is 1. The van der Waals surface area contributed by atoms with Gasteiger partial charge in [-0.05, 0) is 117 Å². The van der Waals surface area contributed by atoms with Crippen LogP contribution < -0.4 is 20.4 Å². The minimum Gasteiger partial charge on any atom is -0.743 e. The summed E-state index contributed by atoms with van der Waals surface area (Å²) in [6.45, 7) is 20.6. The van der Waals surface area contributed by atoms with E-state index < -0.39 is 0 Å². The molecule has 1 aromatic heterocycles. The van der Waals surface area contributed by atoms with Crippen LogP contribution in [0.15, 0.2) is 27.0 Å². The van der Waals surface area contributed by atoms with Crippen LogP contribution >= 0.6 is 0 Å². The van der Waals surface area contributed by atoms with E-state index in [1.165, 1.54) is 6.92 Å². The van der Waals surface area contributed by atoms with E-state index in [9.17, 15) is 14.4 Å². The van der Waals surface area contributed by atoms with Gasteiger partial charge in [-0.2, -0.15) is 0 Å². The van der Waals surface area contributed by atoms with Gasteiger partial charge >= 0.3 is 31.4 Å². The third kappa shape index (κ3) is 9.93. The van der Waals surface area contributed by atoms with E-state index in [2.05, 4.69) is 69.1 Å². The average molecular weight is 759 g/mol. The fourth-order valence-electron chi connectivity index (χ4n) is 8.28. The number of unbranched alkanes of at least 4 members (excludes halogenated alkanes) is 1. The molecule has 4 unspecified atom stereocenters. The Kier molecular flexibility index (Phi) is 15.0. The molecule has 270 valence electrons. The zero-order chi connectivity index (χ0) is 36.2. The van der Waals surface area contributed by atoms with Crippen LogP contribution in [0.3, 0.4) is 0 Å². The second kappa shape index (κ2) is 18.1. The number of aliphatic imine (C=N–C) groups is 2. The smallest absolute Gasteiger partial charge is 0.743 e. The van der Waals surface area contributed by atoms with Gasteiger partial charge < -0.3 is 37.7 Å². The topological polar surface area (TPSA) is 133 Å². The van der Waals surface area contributed by atoms with Crippen LogP contribution in [-0.2, 0) is 51.2 Å². The number of amides is 1. The first-order valence-electron chi connectivity index (χ1n) is 18.0. The average Bonchev–Trinajstić information content (AvgIpc) is 3.41. The molecule has 2 fully saturated rings. The molecular weight excluding hydrogens is 704 g/mol. The maximum atomic E-state index is 13.7. The molecule has 2 N–H and O–H groups in total. The Hall–Kier alpha value is -2.85. The minimum absolute atomic E-state index is 0. The first-order valence-corrected chi connectivity index (χ1v) is 18.4. The van der Waals surface area contributed by atoms with Crippen molar-refractivity contribution in [3.8, 4) is 5.75 Å². The first-order chi connectivity index (χ1) is 23.1. The summed E-state index contributed by atoms with van der Waals surface area (Å²) < 4.78 is 12.2. The second-order valence-corrected chi connectivity index (χ2v) is 15.4. The van der Waals surface area contributed by atoms with Crippen LogP contribution in [-0.4, -0.2) is 35.4 Å². The monoisotopic (exact) mass is 757 g/mol. The summed E-state index contributed by atoms with van der Waals surface area (Å²) in [6, 6.07) is 0. The van der Waals surface area contributed by atoms with Crippen LogP contribution in [0.1, 0.15) is 112 Å². The van der Waals surface area contributed by atoms with Gasteiger partial charge in [-0.1, -0.05) is 54.9 Å². The molecule has 10 nitrogen and oxygen atoms in total. The Morgan fingerprint density at radius 3 is 1.92 bits per heavy atom. The van der Waals surface area contributed by atoms with Gasteiger partial charge in [0, 0.05) is 12.1 Å². The molecule has 1 aliphatic heterocycles. The van der Waals surface area contributed by atoms with Crippen LogP contribution in [0.5, 0.6) is 5.75 Å². The van der Waals surface area contributed by atoms with Crippen LogP contribution in [0, 0.1) is 54.3 Å². The van der Waals surface area contributed by atoms with E-state index in [1.807, 2.05) is 6.92 Å². The van der Waals surface area contributed by atoms with Gasteiger partial charge in [-0.25, -0.2) is 4.99 Å². The van der Waals surface area contributed by atoms with Crippen molar-refractivity contribution in [1.29, 1.82) is 0 Å². The number of ether oxygens (including phenoxy) is 2. The molecule has 50 heavy (non-hydrogen) atoms. The van der Waals surface area contributed by atoms with Crippen molar-refractivity contribution in [2.45, 2.75) is 108 Å². The minimum atomic E-state index is -0.334. The molecule has 2 heterocycles. The van der Waals surface area contributed by atoms with E-state index in [4.69, 9.17) is 27.1 Å². The Balaban J connectivity index is 0.00000676. The van der Waals surface area contributed by atoms with Crippen molar-refractivity contribution in [3.63, 3.8) is 0 Å². The Labute approximate surface area is 316 Å². The van der Waals surface area contributed by atoms with Gasteiger partial charge in [0.25, 0.3) is 0 Å². The molecule has 1 aromatic rings. The summed E-state index contributed by atoms with van der Waals surface area (Å²) in [5.74, 6) is 1.43. The predicted octanol–water partition coefficient (Wildman–Crippen LogP) is 7.31. The Morgan fingerprint density at radius 2 is 1.42 bits per heavy atom. The van der Waals surface area contributed by atoms with Crippen molar-refractivity contribution < 1.29 is 43.3 Å². The maximum Gasteiger partial charge on any atom is 2.00 e. The van der Waals surface area contributed by atoms with E-state index in [0.717, 1.165) is 38.5 Å². The molecule has 2 aliphatic carbocycles. The largest absolute Gasteiger partial charge is 2.00 e. The second-order valence-electron chi connectivity index (χ2n) is 15.0. The number of esters is 2. The summed E-state index contributed by atoms with van der Waals surface area (Å²) >= 11 is 5.51. The van der Waals surface area contributed by atoms with Gasteiger partial charge in [0.05, 0.1) is 17.5 Å². The number of hydrogen-bond acceptors (Lipinski definition) is 8. The molecule has 0 aromatic carbocycles. The van der Waals surface area contributed by atoms with Crippen molar-refractivity contribution in [1.82, 2.24) is 10.3 Å². The van der Waals surface area contributed by atoms with Gasteiger partial charge in [0.1, 0.15) is 11.7 Å². The van der Waals surface area contributed by atoms with Crippen LogP contribution in [0.25, 0.3) is 6.08 Å². The van der Waals surface area contributed by atoms with Crippen molar-refractivity contribution in [2.75, 3.05) is 11.9 Å². The summed E-state index contributed by atoms with van der Waals surface area (Å²) in [4.78, 5) is 53.4. The Morgan fingerprint density at radius 1 is 0.900 bits per heavy atom. The maximum absolute atomic E-state index is 13.7. The Bertz CT molecular complexity index is 1520. The number of nitrogens with one attached hydrogen (secondary N) is 2. The molecule has 1 amide bonds. The number of amidine groups is 2. The predicted molar refractivity (Wildman–Crippen MR) is 197 cm³/mol. The summed E-state index contributed by atoms with van der Waals surface area (Å²) in [7, 11) is 0. The zero-order valence-corrected chi connectivity index (χ0v) is 35.4. The van der Waals surface area contributed by atoms with E-state index >= 15 is 0 Å². The third-order valence-corrected chi connectivity index (χ3v) is 10.6. The van der Waals surface area contributed by atoms with Gasteiger partial charge in [-0.3, -0.25) is 19.4 Å². The van der Waals surface area contributed by atoms with Crippen molar-refractivity contribution in [2.24, 2.45) is 57.3 Å². The SMILES string of the molecule is CCCCN=C([S-])NC1=N/C(=C\c2[n-]c(NC(C)=O)c(OC(=O)C3C(C)CC(C)CC3C)c2C)C(C)=C1OC(=O)C1C(C)CC(C)CC1C.[Zn+2]. The number of anilines is 1.